The Morgan fingerprint density at radius 2 is 1.85 bits per heavy atom. The molecule has 2 aliphatic carbocycles. The number of rotatable bonds is 3. The van der Waals surface area contributed by atoms with Crippen molar-refractivity contribution in [3.05, 3.63) is 47.3 Å². The van der Waals surface area contributed by atoms with Gasteiger partial charge in [-0.1, -0.05) is 31.9 Å². The lowest BCUT2D eigenvalue weighted by Crippen LogP contribution is -2.30. The molecule has 2 fully saturated rings. The van der Waals surface area contributed by atoms with Crippen molar-refractivity contribution in [1.82, 2.24) is 0 Å². The minimum atomic E-state index is -0.429. The third-order valence-corrected chi connectivity index (χ3v) is 7.12. The Hall–Kier alpha value is -1.90. The number of esters is 1. The molecule has 0 bridgehead atoms. The zero-order valence-corrected chi connectivity index (χ0v) is 16.3. The van der Waals surface area contributed by atoms with Gasteiger partial charge in [0, 0.05) is 5.39 Å². The summed E-state index contributed by atoms with van der Waals surface area (Å²) < 4.78 is 19.6. The van der Waals surface area contributed by atoms with E-state index in [0.29, 0.717) is 16.9 Å². The van der Waals surface area contributed by atoms with Crippen LogP contribution in [0.4, 0.5) is 4.39 Å². The molecule has 2 unspecified atom stereocenters. The predicted octanol–water partition coefficient (Wildman–Crippen LogP) is 6.48. The molecule has 4 atom stereocenters. The first-order chi connectivity index (χ1) is 13.1. The number of methoxy groups -OCH3 is 1. The molecule has 0 radical (unpaired) electrons. The Labute approximate surface area is 161 Å². The van der Waals surface area contributed by atoms with Gasteiger partial charge in [0.1, 0.15) is 5.82 Å². The highest BCUT2D eigenvalue weighted by atomic mass is 19.1. The van der Waals surface area contributed by atoms with E-state index < -0.39 is 5.97 Å². The summed E-state index contributed by atoms with van der Waals surface area (Å²) in [5.41, 5.74) is 1.52. The van der Waals surface area contributed by atoms with Gasteiger partial charge in [0.2, 0.25) is 0 Å². The van der Waals surface area contributed by atoms with E-state index in [1.54, 1.807) is 18.2 Å². The van der Waals surface area contributed by atoms with Crippen LogP contribution in [0.25, 0.3) is 10.8 Å². The van der Waals surface area contributed by atoms with Gasteiger partial charge in [-0.15, -0.1) is 0 Å². The van der Waals surface area contributed by atoms with Crippen molar-refractivity contribution in [2.75, 3.05) is 7.11 Å². The third-order valence-electron chi connectivity index (χ3n) is 7.12. The number of hydrogen-bond acceptors (Lipinski definition) is 2. The molecule has 4 rings (SSSR count). The first kappa shape index (κ1) is 18.5. The molecular formula is C24H29FO2. The fraction of sp³-hybridized carbons (Fsp3) is 0.542. The summed E-state index contributed by atoms with van der Waals surface area (Å²) in [4.78, 5) is 11.7. The topological polar surface area (TPSA) is 26.3 Å². The van der Waals surface area contributed by atoms with E-state index in [-0.39, 0.29) is 5.82 Å². The maximum atomic E-state index is 14.8. The molecule has 0 heterocycles. The lowest BCUT2D eigenvalue weighted by Gasteiger charge is -2.42. The minimum Gasteiger partial charge on any atom is -0.465 e. The van der Waals surface area contributed by atoms with E-state index >= 15 is 0 Å². The van der Waals surface area contributed by atoms with Gasteiger partial charge < -0.3 is 4.74 Å². The van der Waals surface area contributed by atoms with Crippen LogP contribution in [0.3, 0.4) is 0 Å². The van der Waals surface area contributed by atoms with Crippen LogP contribution in [0.1, 0.15) is 73.7 Å². The summed E-state index contributed by atoms with van der Waals surface area (Å²) in [6.45, 7) is 2.32. The van der Waals surface area contributed by atoms with Crippen LogP contribution in [0, 0.1) is 23.6 Å². The Morgan fingerprint density at radius 3 is 2.63 bits per heavy atom. The summed E-state index contributed by atoms with van der Waals surface area (Å²) in [5.74, 6) is 2.42. The fourth-order valence-electron chi connectivity index (χ4n) is 5.47. The van der Waals surface area contributed by atoms with Gasteiger partial charge in [-0.25, -0.2) is 9.18 Å². The standard InChI is InChI=1S/C24H29FO2/c1-3-15-4-5-17-11-18(7-6-16(17)10-15)21-12-19-8-9-20(24(26)27-2)13-22(19)23(25)14-21/h8-9,12-18H,3-7,10-11H2,1-2H3/t15?,16-,17+,18?/m0/s1. The number of carbonyl (C=O) groups is 1. The smallest absolute Gasteiger partial charge is 0.337 e. The Kier molecular flexibility index (Phi) is 5.21. The molecule has 0 aromatic heterocycles. The number of halogens is 1. The third kappa shape index (κ3) is 3.61. The zero-order chi connectivity index (χ0) is 19.0. The van der Waals surface area contributed by atoms with Crippen molar-refractivity contribution in [2.24, 2.45) is 17.8 Å². The largest absolute Gasteiger partial charge is 0.465 e. The molecule has 2 aromatic carbocycles. The molecule has 144 valence electrons. The average molecular weight is 368 g/mol. The summed E-state index contributed by atoms with van der Waals surface area (Å²) in [6, 6.07) is 8.99. The zero-order valence-electron chi connectivity index (χ0n) is 16.3. The Balaban J connectivity index is 1.57. The SMILES string of the molecule is CCC1CC[C@@H]2CC(c3cc(F)c4cc(C(=O)OC)ccc4c3)CC[C@H]2C1. The van der Waals surface area contributed by atoms with Crippen molar-refractivity contribution in [3.8, 4) is 0 Å². The first-order valence-electron chi connectivity index (χ1n) is 10.4. The molecule has 27 heavy (non-hydrogen) atoms. The maximum absolute atomic E-state index is 14.8. The summed E-state index contributed by atoms with van der Waals surface area (Å²) in [5, 5.41) is 1.37. The molecule has 2 aliphatic rings. The quantitative estimate of drug-likeness (QED) is 0.580. The Bertz CT molecular complexity index is 844. The molecule has 0 saturated heterocycles. The van der Waals surface area contributed by atoms with Gasteiger partial charge in [0.05, 0.1) is 12.7 Å². The van der Waals surface area contributed by atoms with Crippen LogP contribution in [-0.4, -0.2) is 13.1 Å². The van der Waals surface area contributed by atoms with E-state index in [1.165, 1.54) is 52.1 Å². The van der Waals surface area contributed by atoms with E-state index in [1.807, 2.05) is 6.07 Å². The molecule has 2 nitrogen and oxygen atoms in total. The van der Waals surface area contributed by atoms with Crippen molar-refractivity contribution >= 4 is 16.7 Å². The van der Waals surface area contributed by atoms with Gasteiger partial charge in [-0.05, 0) is 84.9 Å². The van der Waals surface area contributed by atoms with E-state index in [2.05, 4.69) is 13.0 Å². The second-order valence-corrected chi connectivity index (χ2v) is 8.55. The summed E-state index contributed by atoms with van der Waals surface area (Å²) in [6.07, 6.45) is 9.08. The van der Waals surface area contributed by atoms with Gasteiger partial charge in [0.15, 0.2) is 0 Å². The molecule has 2 saturated carbocycles. The highest BCUT2D eigenvalue weighted by molar-refractivity contribution is 5.95. The van der Waals surface area contributed by atoms with Gasteiger partial charge in [-0.3, -0.25) is 0 Å². The highest BCUT2D eigenvalue weighted by Gasteiger charge is 2.35. The molecule has 2 aromatic rings. The number of fused-ring (bicyclic) bond motifs is 2. The number of benzene rings is 2. The molecule has 0 amide bonds. The second-order valence-electron chi connectivity index (χ2n) is 8.55. The number of ether oxygens (including phenoxy) is 1. The van der Waals surface area contributed by atoms with Crippen molar-refractivity contribution < 1.29 is 13.9 Å². The normalized spacial score (nSPS) is 28.0. The van der Waals surface area contributed by atoms with Crippen LogP contribution in [0.15, 0.2) is 30.3 Å². The van der Waals surface area contributed by atoms with Gasteiger partial charge in [0.25, 0.3) is 0 Å². The monoisotopic (exact) mass is 368 g/mol. The summed E-state index contributed by atoms with van der Waals surface area (Å²) in [7, 11) is 1.34. The van der Waals surface area contributed by atoms with E-state index in [9.17, 15) is 9.18 Å². The summed E-state index contributed by atoms with van der Waals surface area (Å²) >= 11 is 0. The molecule has 3 heteroatoms. The van der Waals surface area contributed by atoms with Gasteiger partial charge >= 0.3 is 5.97 Å². The van der Waals surface area contributed by atoms with Gasteiger partial charge in [-0.2, -0.15) is 0 Å². The molecule has 0 spiro atoms. The van der Waals surface area contributed by atoms with Crippen LogP contribution >= 0.6 is 0 Å². The van der Waals surface area contributed by atoms with E-state index in [0.717, 1.165) is 28.7 Å². The average Bonchev–Trinajstić information content (AvgIpc) is 2.72. The van der Waals surface area contributed by atoms with E-state index in [4.69, 9.17) is 4.74 Å². The van der Waals surface area contributed by atoms with Crippen LogP contribution in [0.5, 0.6) is 0 Å². The number of carbonyl (C=O) groups excluding carboxylic acids is 1. The predicted molar refractivity (Wildman–Crippen MR) is 106 cm³/mol. The highest BCUT2D eigenvalue weighted by Crippen LogP contribution is 2.48. The minimum absolute atomic E-state index is 0.231. The molecule has 0 N–H and O–H groups in total. The second kappa shape index (κ2) is 7.61. The lowest BCUT2D eigenvalue weighted by molar-refractivity contribution is 0.0601. The van der Waals surface area contributed by atoms with Crippen molar-refractivity contribution in [3.63, 3.8) is 0 Å². The maximum Gasteiger partial charge on any atom is 0.337 e. The fourth-order valence-corrected chi connectivity index (χ4v) is 5.47. The Morgan fingerprint density at radius 1 is 1.07 bits per heavy atom. The lowest BCUT2D eigenvalue weighted by atomic mass is 9.63. The number of hydrogen-bond donors (Lipinski definition) is 0. The van der Waals surface area contributed by atoms with Crippen molar-refractivity contribution in [2.45, 2.75) is 57.8 Å². The van der Waals surface area contributed by atoms with Crippen LogP contribution < -0.4 is 0 Å². The molecule has 0 aliphatic heterocycles. The first-order valence-corrected chi connectivity index (χ1v) is 10.4. The van der Waals surface area contributed by atoms with Crippen molar-refractivity contribution in [1.29, 1.82) is 0 Å². The van der Waals surface area contributed by atoms with Crippen LogP contribution in [-0.2, 0) is 4.74 Å². The molecular weight excluding hydrogens is 339 g/mol. The van der Waals surface area contributed by atoms with Crippen LogP contribution in [0.2, 0.25) is 0 Å².